The Morgan fingerprint density at radius 3 is 3.03 bits per heavy atom. The maximum Gasteiger partial charge on any atom is 0.279 e. The Hall–Kier alpha value is -3.12. The molecule has 7 nitrogen and oxygen atoms in total. The number of amides is 1. The van der Waals surface area contributed by atoms with Crippen molar-refractivity contribution in [3.63, 3.8) is 0 Å². The molecule has 1 aromatic heterocycles. The summed E-state index contributed by atoms with van der Waals surface area (Å²) in [4.78, 5) is 20.6. The number of halogens is 1. The van der Waals surface area contributed by atoms with Gasteiger partial charge in [0.1, 0.15) is 17.5 Å². The van der Waals surface area contributed by atoms with E-state index in [1.165, 1.54) is 13.3 Å². The van der Waals surface area contributed by atoms with E-state index in [9.17, 15) is 9.18 Å². The third kappa shape index (κ3) is 5.45. The lowest BCUT2D eigenvalue weighted by molar-refractivity contribution is -0.114. The summed E-state index contributed by atoms with van der Waals surface area (Å²) in [7, 11) is 1.48. The Balaban J connectivity index is 1.87. The van der Waals surface area contributed by atoms with Crippen LogP contribution in [0.15, 0.2) is 35.1 Å². The number of alkyl halides is 1. The monoisotopic (exact) mass is 413 g/mol. The van der Waals surface area contributed by atoms with Crippen LogP contribution in [0, 0.1) is 23.2 Å². The number of aromatic nitrogens is 1. The Labute approximate surface area is 172 Å². The number of dihydropyridines is 1. The molecule has 0 unspecified atom stereocenters. The summed E-state index contributed by atoms with van der Waals surface area (Å²) in [5.74, 6) is 5.90. The normalized spacial score (nSPS) is 16.0. The van der Waals surface area contributed by atoms with E-state index >= 15 is 0 Å². The minimum Gasteiger partial charge on any atom is -0.494 e. The van der Waals surface area contributed by atoms with E-state index in [0.29, 0.717) is 34.9 Å². The van der Waals surface area contributed by atoms with Crippen LogP contribution in [0.1, 0.15) is 24.1 Å². The molecule has 0 radical (unpaired) electrons. The number of methoxy groups -OCH3 is 1. The minimum atomic E-state index is -0.734. The fourth-order valence-electron chi connectivity index (χ4n) is 2.61. The number of hydrogen-bond donors (Lipinski definition) is 3. The molecular formula is C20H20FN5O2S. The number of nitrogens with two attached hydrogens (primary N) is 1. The molecular weight excluding hydrogens is 393 g/mol. The van der Waals surface area contributed by atoms with Crippen LogP contribution < -0.4 is 15.8 Å². The van der Waals surface area contributed by atoms with Crippen LogP contribution in [0.5, 0.6) is 5.75 Å². The highest BCUT2D eigenvalue weighted by Gasteiger charge is 2.21. The van der Waals surface area contributed by atoms with Gasteiger partial charge in [0.2, 0.25) is 0 Å². The van der Waals surface area contributed by atoms with E-state index in [4.69, 9.17) is 15.9 Å². The van der Waals surface area contributed by atoms with Gasteiger partial charge in [-0.2, -0.15) is 4.99 Å². The number of carbonyl (C=O) groups excluding carboxylic acids is 1. The average Bonchev–Trinajstić information content (AvgIpc) is 3.56. The van der Waals surface area contributed by atoms with Crippen molar-refractivity contribution in [2.75, 3.05) is 13.7 Å². The fourth-order valence-corrected chi connectivity index (χ4v) is 3.05. The van der Waals surface area contributed by atoms with Crippen LogP contribution in [0.4, 0.5) is 4.39 Å². The van der Waals surface area contributed by atoms with Crippen LogP contribution in [-0.4, -0.2) is 34.8 Å². The Kier molecular flexibility index (Phi) is 6.67. The first-order chi connectivity index (χ1) is 14.0. The number of rotatable bonds is 4. The van der Waals surface area contributed by atoms with E-state index in [1.54, 1.807) is 18.3 Å². The Morgan fingerprint density at radius 2 is 2.34 bits per heavy atom. The zero-order valence-electron chi connectivity index (χ0n) is 15.8. The molecule has 150 valence electrons. The lowest BCUT2D eigenvalue weighted by atomic mass is 9.96. The highest BCUT2D eigenvalue weighted by atomic mass is 32.2. The number of carbonyl (C=O) groups is 1. The number of ether oxygens (including phenoxy) is 1. The second-order valence-corrected chi connectivity index (χ2v) is 7.38. The van der Waals surface area contributed by atoms with Crippen LogP contribution in [0.25, 0.3) is 5.57 Å². The average molecular weight is 413 g/mol. The molecule has 0 bridgehead atoms. The van der Waals surface area contributed by atoms with Gasteiger partial charge in [-0.25, -0.2) is 4.39 Å². The molecule has 1 aliphatic carbocycles. The lowest BCUT2D eigenvalue weighted by Crippen LogP contribution is -2.20. The van der Waals surface area contributed by atoms with Crippen molar-refractivity contribution in [3.8, 4) is 17.6 Å². The molecule has 0 aromatic carbocycles. The van der Waals surface area contributed by atoms with Crippen LogP contribution in [0.3, 0.4) is 0 Å². The van der Waals surface area contributed by atoms with E-state index in [0.717, 1.165) is 24.6 Å². The second kappa shape index (κ2) is 9.39. The molecule has 0 spiro atoms. The van der Waals surface area contributed by atoms with Crippen LogP contribution in [-0.2, 0) is 11.5 Å². The predicted molar refractivity (Wildman–Crippen MR) is 112 cm³/mol. The van der Waals surface area contributed by atoms with Crippen molar-refractivity contribution < 1.29 is 13.9 Å². The van der Waals surface area contributed by atoms with E-state index in [2.05, 4.69) is 27.1 Å². The van der Waals surface area contributed by atoms with E-state index < -0.39 is 12.6 Å². The summed E-state index contributed by atoms with van der Waals surface area (Å²) in [6.07, 6.45) is 6.75. The van der Waals surface area contributed by atoms with Crippen molar-refractivity contribution in [2.24, 2.45) is 16.6 Å². The van der Waals surface area contributed by atoms with Gasteiger partial charge in [-0.05, 0) is 54.4 Å². The molecule has 2 heterocycles. The maximum absolute atomic E-state index is 13.1. The third-order valence-corrected chi connectivity index (χ3v) is 4.80. The summed E-state index contributed by atoms with van der Waals surface area (Å²) in [5, 5.41) is 10.8. The smallest absolute Gasteiger partial charge is 0.279 e. The van der Waals surface area contributed by atoms with Gasteiger partial charge in [0.05, 0.1) is 19.0 Å². The number of pyridine rings is 1. The summed E-state index contributed by atoms with van der Waals surface area (Å²) in [6, 6.07) is 1.55. The third-order valence-electron chi connectivity index (χ3n) is 4.19. The van der Waals surface area contributed by atoms with Crippen molar-refractivity contribution in [1.29, 1.82) is 5.41 Å². The number of nitrogens with zero attached hydrogens (tertiary/aromatic N) is 2. The summed E-state index contributed by atoms with van der Waals surface area (Å²) in [5.41, 5.74) is 7.51. The van der Waals surface area contributed by atoms with Gasteiger partial charge >= 0.3 is 0 Å². The lowest BCUT2D eigenvalue weighted by Gasteiger charge is -2.18. The second-order valence-electron chi connectivity index (χ2n) is 6.35. The van der Waals surface area contributed by atoms with Gasteiger partial charge < -0.3 is 15.8 Å². The molecule has 3 rings (SSSR count). The topological polar surface area (TPSA) is 113 Å². The number of amidine groups is 1. The molecule has 29 heavy (non-hydrogen) atoms. The molecule has 4 N–H and O–H groups in total. The number of aliphatic imine (C=N–C) groups is 1. The molecule has 1 amide bonds. The quantitative estimate of drug-likeness (QED) is 0.397. The number of nitrogens with one attached hydrogen (secondary N) is 2. The zero-order chi connectivity index (χ0) is 20.8. The standard InChI is InChI=1S/C20H20FN5O2S/c1-28-17-11-25-13(9-21)8-15(17)16-10-24-7-6-14(16)19(27)26-20(23)29-18(22)5-4-12-2-3-12/h6-8,11-12,22,24H,2-3,9-10H2,1H3,(H2,23,26,27). The van der Waals surface area contributed by atoms with Crippen molar-refractivity contribution in [3.05, 3.63) is 41.4 Å². The molecule has 9 heteroatoms. The van der Waals surface area contributed by atoms with Crippen molar-refractivity contribution >= 4 is 33.5 Å². The van der Waals surface area contributed by atoms with Crippen molar-refractivity contribution in [1.82, 2.24) is 10.3 Å². The number of hydrogen-bond acceptors (Lipinski definition) is 6. The fraction of sp³-hybridized carbons (Fsp3) is 0.300. The van der Waals surface area contributed by atoms with E-state index in [-0.39, 0.29) is 15.9 Å². The van der Waals surface area contributed by atoms with Gasteiger partial charge in [-0.3, -0.25) is 15.2 Å². The first-order valence-corrected chi connectivity index (χ1v) is 9.72. The van der Waals surface area contributed by atoms with Gasteiger partial charge in [-0.15, -0.1) is 0 Å². The predicted octanol–water partition coefficient (Wildman–Crippen LogP) is 2.40. The first kappa shape index (κ1) is 20.6. The van der Waals surface area contributed by atoms with Crippen molar-refractivity contribution in [2.45, 2.75) is 19.5 Å². The van der Waals surface area contributed by atoms with Gasteiger partial charge in [0.15, 0.2) is 5.17 Å². The largest absolute Gasteiger partial charge is 0.494 e. The van der Waals surface area contributed by atoms with Gasteiger partial charge in [-0.1, -0.05) is 5.92 Å². The van der Waals surface area contributed by atoms with Crippen LogP contribution >= 0.6 is 11.8 Å². The SMILES string of the molecule is COc1cnc(CF)cc1C1=C(C(=O)N=C(N)SC(=N)C#CC2CC2)C=CNC1. The molecule has 1 aliphatic heterocycles. The maximum atomic E-state index is 13.1. The highest BCUT2D eigenvalue weighted by molar-refractivity contribution is 8.26. The number of thioether (sulfide) groups is 1. The summed E-state index contributed by atoms with van der Waals surface area (Å²) >= 11 is 0.842. The minimum absolute atomic E-state index is 0.0457. The van der Waals surface area contributed by atoms with E-state index in [1.807, 2.05) is 0 Å². The van der Waals surface area contributed by atoms with Crippen LogP contribution in [0.2, 0.25) is 0 Å². The first-order valence-electron chi connectivity index (χ1n) is 8.90. The molecule has 0 atom stereocenters. The van der Waals surface area contributed by atoms with Gasteiger partial charge in [0, 0.05) is 23.6 Å². The molecule has 0 saturated heterocycles. The zero-order valence-corrected chi connectivity index (χ0v) is 16.6. The Morgan fingerprint density at radius 1 is 1.55 bits per heavy atom. The summed E-state index contributed by atoms with van der Waals surface area (Å²) in [6.45, 7) is -0.405. The molecule has 1 aromatic rings. The molecule has 1 fully saturated rings. The van der Waals surface area contributed by atoms with Gasteiger partial charge in [0.25, 0.3) is 5.91 Å². The highest BCUT2D eigenvalue weighted by Crippen LogP contribution is 2.31. The Bertz CT molecular complexity index is 986. The summed E-state index contributed by atoms with van der Waals surface area (Å²) < 4.78 is 18.4. The molecule has 2 aliphatic rings. The molecule has 1 saturated carbocycles.